The summed E-state index contributed by atoms with van der Waals surface area (Å²) in [6, 6.07) is 10.1. The zero-order valence-electron chi connectivity index (χ0n) is 12.3. The van der Waals surface area contributed by atoms with Crippen molar-refractivity contribution < 1.29 is 4.42 Å². The van der Waals surface area contributed by atoms with Crippen LogP contribution in [0.3, 0.4) is 0 Å². The number of aryl methyl sites for hydroxylation is 1. The Morgan fingerprint density at radius 3 is 2.60 bits per heavy atom. The molecule has 0 radical (unpaired) electrons. The lowest BCUT2D eigenvalue weighted by molar-refractivity contribution is 0.410. The average Bonchev–Trinajstić information content (AvgIpc) is 2.94. The molecule has 20 heavy (non-hydrogen) atoms. The molecule has 1 aromatic heterocycles. The van der Waals surface area contributed by atoms with Crippen molar-refractivity contribution in [3.05, 3.63) is 47.7 Å². The largest absolute Gasteiger partial charge is 0.423 e. The van der Waals surface area contributed by atoms with Crippen LogP contribution in [-0.4, -0.2) is 17.2 Å². The maximum atomic E-state index is 5.79. The lowest BCUT2D eigenvalue weighted by atomic mass is 10.1. The SMILES string of the molecule is CCCCCCc1nnc(C(NC)c2ccccc2)o1. The second kappa shape index (κ2) is 7.80. The number of benzene rings is 1. The van der Waals surface area contributed by atoms with Gasteiger partial charge in [0.2, 0.25) is 11.8 Å². The fraction of sp³-hybridized carbons (Fsp3) is 0.500. The fourth-order valence-corrected chi connectivity index (χ4v) is 2.27. The van der Waals surface area contributed by atoms with Crippen molar-refractivity contribution in [3.63, 3.8) is 0 Å². The summed E-state index contributed by atoms with van der Waals surface area (Å²) in [5.74, 6) is 1.39. The van der Waals surface area contributed by atoms with Crippen LogP contribution < -0.4 is 5.32 Å². The molecule has 0 fully saturated rings. The molecule has 4 heteroatoms. The zero-order chi connectivity index (χ0) is 14.2. The predicted molar refractivity (Wildman–Crippen MR) is 79.5 cm³/mol. The van der Waals surface area contributed by atoms with Gasteiger partial charge in [0, 0.05) is 6.42 Å². The maximum absolute atomic E-state index is 5.79. The van der Waals surface area contributed by atoms with E-state index in [1.165, 1.54) is 19.3 Å². The van der Waals surface area contributed by atoms with E-state index in [1.54, 1.807) is 0 Å². The smallest absolute Gasteiger partial charge is 0.237 e. The Hall–Kier alpha value is -1.68. The molecule has 0 bridgehead atoms. The first-order chi connectivity index (χ1) is 9.85. The molecule has 0 saturated carbocycles. The van der Waals surface area contributed by atoms with E-state index in [4.69, 9.17) is 4.42 Å². The van der Waals surface area contributed by atoms with Gasteiger partial charge in [-0.15, -0.1) is 10.2 Å². The number of nitrogens with one attached hydrogen (secondary N) is 1. The van der Waals surface area contributed by atoms with Crippen molar-refractivity contribution >= 4 is 0 Å². The van der Waals surface area contributed by atoms with Gasteiger partial charge in [-0.25, -0.2) is 0 Å². The zero-order valence-corrected chi connectivity index (χ0v) is 12.3. The molecule has 0 amide bonds. The van der Waals surface area contributed by atoms with Crippen molar-refractivity contribution in [1.29, 1.82) is 0 Å². The normalized spacial score (nSPS) is 12.5. The first kappa shape index (κ1) is 14.7. The van der Waals surface area contributed by atoms with E-state index >= 15 is 0 Å². The second-order valence-electron chi connectivity index (χ2n) is 4.98. The molecule has 1 heterocycles. The number of aromatic nitrogens is 2. The topological polar surface area (TPSA) is 51.0 Å². The molecule has 2 rings (SSSR count). The van der Waals surface area contributed by atoms with Crippen molar-refractivity contribution in [2.75, 3.05) is 7.05 Å². The lowest BCUT2D eigenvalue weighted by Crippen LogP contribution is -2.17. The quantitative estimate of drug-likeness (QED) is 0.748. The van der Waals surface area contributed by atoms with Crippen LogP contribution in [0.25, 0.3) is 0 Å². The van der Waals surface area contributed by atoms with E-state index in [-0.39, 0.29) is 6.04 Å². The van der Waals surface area contributed by atoms with Crippen LogP contribution in [0.1, 0.15) is 56.0 Å². The van der Waals surface area contributed by atoms with Gasteiger partial charge in [-0.05, 0) is 19.0 Å². The van der Waals surface area contributed by atoms with E-state index in [0.29, 0.717) is 5.89 Å². The Balaban J connectivity index is 1.99. The third kappa shape index (κ3) is 3.90. The van der Waals surface area contributed by atoms with Gasteiger partial charge in [-0.1, -0.05) is 56.5 Å². The Kier molecular flexibility index (Phi) is 5.74. The molecular formula is C16H23N3O. The van der Waals surface area contributed by atoms with Gasteiger partial charge in [-0.3, -0.25) is 0 Å². The lowest BCUT2D eigenvalue weighted by Gasteiger charge is -2.11. The molecule has 1 N–H and O–H groups in total. The number of rotatable bonds is 8. The summed E-state index contributed by atoms with van der Waals surface area (Å²) in [6.45, 7) is 2.21. The first-order valence-corrected chi connectivity index (χ1v) is 7.39. The number of unbranched alkanes of at least 4 members (excludes halogenated alkanes) is 3. The van der Waals surface area contributed by atoms with Crippen LogP contribution in [0.4, 0.5) is 0 Å². The molecule has 0 aliphatic carbocycles. The summed E-state index contributed by atoms with van der Waals surface area (Å²) in [5, 5.41) is 11.6. The Morgan fingerprint density at radius 2 is 1.90 bits per heavy atom. The van der Waals surface area contributed by atoms with Gasteiger partial charge in [0.15, 0.2) is 0 Å². The molecule has 2 aromatic rings. The van der Waals surface area contributed by atoms with Crippen LogP contribution in [0.15, 0.2) is 34.7 Å². The van der Waals surface area contributed by atoms with Gasteiger partial charge in [0.1, 0.15) is 6.04 Å². The first-order valence-electron chi connectivity index (χ1n) is 7.39. The van der Waals surface area contributed by atoms with Crippen molar-refractivity contribution in [1.82, 2.24) is 15.5 Å². The molecule has 108 valence electrons. The fourth-order valence-electron chi connectivity index (χ4n) is 2.27. The van der Waals surface area contributed by atoms with Gasteiger partial charge in [-0.2, -0.15) is 0 Å². The van der Waals surface area contributed by atoms with E-state index in [1.807, 2.05) is 25.2 Å². The average molecular weight is 273 g/mol. The predicted octanol–water partition coefficient (Wildman–Crippen LogP) is 3.50. The summed E-state index contributed by atoms with van der Waals surface area (Å²) in [4.78, 5) is 0. The molecule has 1 atom stereocenters. The third-order valence-corrected chi connectivity index (χ3v) is 3.40. The van der Waals surface area contributed by atoms with E-state index < -0.39 is 0 Å². The summed E-state index contributed by atoms with van der Waals surface area (Å²) >= 11 is 0. The van der Waals surface area contributed by atoms with Crippen LogP contribution in [0.2, 0.25) is 0 Å². The van der Waals surface area contributed by atoms with E-state index in [0.717, 1.165) is 24.3 Å². The minimum Gasteiger partial charge on any atom is -0.423 e. The highest BCUT2D eigenvalue weighted by atomic mass is 16.4. The minimum atomic E-state index is -0.0342. The molecule has 4 nitrogen and oxygen atoms in total. The maximum Gasteiger partial charge on any atom is 0.237 e. The summed E-state index contributed by atoms with van der Waals surface area (Å²) in [5.41, 5.74) is 1.14. The Labute approximate surface area is 120 Å². The highest BCUT2D eigenvalue weighted by Gasteiger charge is 2.18. The molecule has 0 spiro atoms. The van der Waals surface area contributed by atoms with Crippen molar-refractivity contribution in [3.8, 4) is 0 Å². The molecule has 1 unspecified atom stereocenters. The summed E-state index contributed by atoms with van der Waals surface area (Å²) in [7, 11) is 1.91. The van der Waals surface area contributed by atoms with Crippen LogP contribution in [-0.2, 0) is 6.42 Å². The number of hydrogen-bond acceptors (Lipinski definition) is 4. The molecule has 0 saturated heterocycles. The van der Waals surface area contributed by atoms with E-state index in [2.05, 4.69) is 34.6 Å². The van der Waals surface area contributed by atoms with E-state index in [9.17, 15) is 0 Å². The number of hydrogen-bond donors (Lipinski definition) is 1. The number of nitrogens with zero attached hydrogens (tertiary/aromatic N) is 2. The molecule has 0 aliphatic rings. The van der Waals surface area contributed by atoms with Gasteiger partial charge in [0.05, 0.1) is 0 Å². The highest BCUT2D eigenvalue weighted by molar-refractivity contribution is 5.23. The second-order valence-corrected chi connectivity index (χ2v) is 4.98. The summed E-state index contributed by atoms with van der Waals surface area (Å²) < 4.78 is 5.79. The van der Waals surface area contributed by atoms with Gasteiger partial charge >= 0.3 is 0 Å². The molecule has 0 aliphatic heterocycles. The standard InChI is InChI=1S/C16H23N3O/c1-3-4-5-9-12-14-18-19-16(20-14)15(17-2)13-10-7-6-8-11-13/h6-8,10-11,15,17H,3-5,9,12H2,1-2H3. The van der Waals surface area contributed by atoms with Crippen LogP contribution >= 0.6 is 0 Å². The molecule has 1 aromatic carbocycles. The van der Waals surface area contributed by atoms with Crippen molar-refractivity contribution in [2.24, 2.45) is 0 Å². The van der Waals surface area contributed by atoms with Crippen LogP contribution in [0, 0.1) is 0 Å². The monoisotopic (exact) mass is 273 g/mol. The third-order valence-electron chi connectivity index (χ3n) is 3.40. The highest BCUT2D eigenvalue weighted by Crippen LogP contribution is 2.20. The summed E-state index contributed by atoms with van der Waals surface area (Å²) in [6.07, 6.45) is 5.72. The Bertz CT molecular complexity index is 495. The van der Waals surface area contributed by atoms with Crippen molar-refractivity contribution in [2.45, 2.75) is 45.1 Å². The van der Waals surface area contributed by atoms with Gasteiger partial charge in [0.25, 0.3) is 0 Å². The van der Waals surface area contributed by atoms with Crippen LogP contribution in [0.5, 0.6) is 0 Å². The molecular weight excluding hydrogens is 250 g/mol. The minimum absolute atomic E-state index is 0.0342. The Morgan fingerprint density at radius 1 is 1.10 bits per heavy atom. The van der Waals surface area contributed by atoms with Gasteiger partial charge < -0.3 is 9.73 Å².